The molecule has 0 radical (unpaired) electrons. The predicted molar refractivity (Wildman–Crippen MR) is 31.5 cm³/mol. The van der Waals surface area contributed by atoms with Gasteiger partial charge in [0.15, 0.2) is 0 Å². The maximum Gasteiger partial charge on any atom is 0.0624 e. The molecular formula is C5H12N2O. The van der Waals surface area contributed by atoms with Crippen molar-refractivity contribution in [1.29, 1.82) is 0 Å². The summed E-state index contributed by atoms with van der Waals surface area (Å²) in [6.45, 7) is 1.79. The fourth-order valence-corrected chi connectivity index (χ4v) is 0.898. The van der Waals surface area contributed by atoms with E-state index in [1.165, 1.54) is 0 Å². The van der Waals surface area contributed by atoms with Crippen molar-refractivity contribution in [3.63, 3.8) is 0 Å². The van der Waals surface area contributed by atoms with Crippen LogP contribution in [0.1, 0.15) is 6.42 Å². The third-order valence-corrected chi connectivity index (χ3v) is 1.59. The second-order valence-corrected chi connectivity index (χ2v) is 2.45. The van der Waals surface area contributed by atoms with Crippen LogP contribution in [0, 0.1) is 0 Å². The third kappa shape index (κ3) is 0.992. The third-order valence-electron chi connectivity index (χ3n) is 1.59. The molecule has 0 aromatic carbocycles. The molecule has 8 heavy (non-hydrogen) atoms. The summed E-state index contributed by atoms with van der Waals surface area (Å²) in [7, 11) is 0. The van der Waals surface area contributed by atoms with Gasteiger partial charge < -0.3 is 16.2 Å². The minimum absolute atomic E-state index is 0.0972. The summed E-state index contributed by atoms with van der Waals surface area (Å²) >= 11 is 0. The molecule has 0 aromatic rings. The van der Waals surface area contributed by atoms with Gasteiger partial charge in [-0.2, -0.15) is 0 Å². The van der Waals surface area contributed by atoms with Gasteiger partial charge in [0.25, 0.3) is 0 Å². The molecule has 0 spiro atoms. The lowest BCUT2D eigenvalue weighted by Gasteiger charge is -2.17. The molecule has 1 unspecified atom stereocenters. The van der Waals surface area contributed by atoms with E-state index in [0.29, 0.717) is 0 Å². The highest BCUT2D eigenvalue weighted by atomic mass is 16.3. The van der Waals surface area contributed by atoms with E-state index >= 15 is 0 Å². The molecule has 0 bridgehead atoms. The molecule has 1 heterocycles. The van der Waals surface area contributed by atoms with Gasteiger partial charge in [-0.05, 0) is 13.0 Å². The van der Waals surface area contributed by atoms with Gasteiger partial charge >= 0.3 is 0 Å². The lowest BCUT2D eigenvalue weighted by molar-refractivity contribution is 0.209. The minimum Gasteiger partial charge on any atom is -0.394 e. The lowest BCUT2D eigenvalue weighted by atomic mass is 10.0. The maximum atomic E-state index is 8.66. The molecule has 1 aliphatic rings. The number of nitrogens with one attached hydrogen (secondary N) is 1. The Labute approximate surface area is 48.9 Å². The van der Waals surface area contributed by atoms with Crippen molar-refractivity contribution in [2.75, 3.05) is 19.7 Å². The summed E-state index contributed by atoms with van der Waals surface area (Å²) in [4.78, 5) is 0. The van der Waals surface area contributed by atoms with E-state index in [4.69, 9.17) is 10.8 Å². The fraction of sp³-hybridized carbons (Fsp3) is 1.00. The van der Waals surface area contributed by atoms with Crippen LogP contribution < -0.4 is 11.1 Å². The van der Waals surface area contributed by atoms with Crippen LogP contribution in [-0.4, -0.2) is 30.3 Å². The Balaban J connectivity index is 2.40. The van der Waals surface area contributed by atoms with Gasteiger partial charge in [-0.3, -0.25) is 0 Å². The van der Waals surface area contributed by atoms with Gasteiger partial charge in [0.05, 0.1) is 12.1 Å². The Hall–Kier alpha value is -0.120. The van der Waals surface area contributed by atoms with Gasteiger partial charge in [-0.25, -0.2) is 0 Å². The first kappa shape index (κ1) is 6.01. The molecule has 1 fully saturated rings. The molecule has 0 amide bonds. The van der Waals surface area contributed by atoms with Gasteiger partial charge in [-0.1, -0.05) is 0 Å². The van der Waals surface area contributed by atoms with Crippen LogP contribution in [0.3, 0.4) is 0 Å². The van der Waals surface area contributed by atoms with Crippen LogP contribution >= 0.6 is 0 Å². The van der Waals surface area contributed by atoms with E-state index in [2.05, 4.69) is 5.32 Å². The molecular weight excluding hydrogens is 104 g/mol. The van der Waals surface area contributed by atoms with Crippen molar-refractivity contribution in [1.82, 2.24) is 5.32 Å². The number of aliphatic hydroxyl groups is 1. The first-order valence-electron chi connectivity index (χ1n) is 2.87. The largest absolute Gasteiger partial charge is 0.394 e. The molecule has 0 aromatic heterocycles. The molecule has 1 rings (SSSR count). The molecule has 4 N–H and O–H groups in total. The van der Waals surface area contributed by atoms with Gasteiger partial charge in [0, 0.05) is 6.54 Å². The molecule has 0 aliphatic carbocycles. The van der Waals surface area contributed by atoms with Crippen molar-refractivity contribution in [2.24, 2.45) is 5.73 Å². The van der Waals surface area contributed by atoms with Crippen molar-refractivity contribution < 1.29 is 5.11 Å². The predicted octanol–water partition coefficient (Wildman–Crippen LogP) is -1.33. The summed E-state index contributed by atoms with van der Waals surface area (Å²) in [5.41, 5.74) is 5.33. The summed E-state index contributed by atoms with van der Waals surface area (Å²) in [6, 6.07) is 0. The first-order chi connectivity index (χ1) is 3.77. The average Bonchev–Trinajstić information content (AvgIpc) is 2.17. The zero-order chi connectivity index (χ0) is 6.04. The highest BCUT2D eigenvalue weighted by Gasteiger charge is 2.27. The highest BCUT2D eigenvalue weighted by molar-refractivity contribution is 4.91. The molecule has 48 valence electrons. The standard InChI is InChI=1S/C5H12N2O/c6-5(4-8)1-2-7-3-5/h7-8H,1-4,6H2. The fourth-order valence-electron chi connectivity index (χ4n) is 0.898. The molecule has 1 aliphatic heterocycles. The minimum atomic E-state index is -0.319. The van der Waals surface area contributed by atoms with Crippen molar-refractivity contribution >= 4 is 0 Å². The van der Waals surface area contributed by atoms with Gasteiger partial charge in [0.2, 0.25) is 0 Å². The molecule has 3 nitrogen and oxygen atoms in total. The van der Waals surface area contributed by atoms with Crippen LogP contribution in [0.2, 0.25) is 0 Å². The Bertz CT molecular complexity index is 78.5. The van der Waals surface area contributed by atoms with Crippen LogP contribution in [0.15, 0.2) is 0 Å². The monoisotopic (exact) mass is 116 g/mol. The van der Waals surface area contributed by atoms with Crippen molar-refractivity contribution in [2.45, 2.75) is 12.0 Å². The lowest BCUT2D eigenvalue weighted by Crippen LogP contribution is -2.45. The Morgan fingerprint density at radius 3 is 2.75 bits per heavy atom. The maximum absolute atomic E-state index is 8.66. The normalized spacial score (nSPS) is 38.2. The van der Waals surface area contributed by atoms with E-state index in [-0.39, 0.29) is 12.1 Å². The van der Waals surface area contributed by atoms with Crippen molar-refractivity contribution in [3.05, 3.63) is 0 Å². The Morgan fingerprint density at radius 1 is 1.75 bits per heavy atom. The molecule has 1 atom stereocenters. The van der Waals surface area contributed by atoms with E-state index in [9.17, 15) is 0 Å². The SMILES string of the molecule is NC1(CO)CCNC1. The number of hydrogen-bond acceptors (Lipinski definition) is 3. The van der Waals surface area contributed by atoms with Crippen LogP contribution in [0.5, 0.6) is 0 Å². The number of rotatable bonds is 1. The smallest absolute Gasteiger partial charge is 0.0624 e. The zero-order valence-electron chi connectivity index (χ0n) is 4.85. The first-order valence-corrected chi connectivity index (χ1v) is 2.87. The van der Waals surface area contributed by atoms with Gasteiger partial charge in [0.1, 0.15) is 0 Å². The van der Waals surface area contributed by atoms with Gasteiger partial charge in [-0.15, -0.1) is 0 Å². The second-order valence-electron chi connectivity index (χ2n) is 2.45. The number of nitrogens with two attached hydrogens (primary N) is 1. The highest BCUT2D eigenvalue weighted by Crippen LogP contribution is 2.08. The van der Waals surface area contributed by atoms with E-state index < -0.39 is 0 Å². The number of aliphatic hydroxyl groups excluding tert-OH is 1. The quantitative estimate of drug-likeness (QED) is 0.398. The molecule has 3 heteroatoms. The van der Waals surface area contributed by atoms with E-state index in [1.54, 1.807) is 0 Å². The molecule has 0 saturated carbocycles. The van der Waals surface area contributed by atoms with E-state index in [0.717, 1.165) is 19.5 Å². The summed E-state index contributed by atoms with van der Waals surface area (Å²) < 4.78 is 0. The topological polar surface area (TPSA) is 58.3 Å². The second kappa shape index (κ2) is 2.01. The van der Waals surface area contributed by atoms with E-state index in [1.807, 2.05) is 0 Å². The molecule has 1 saturated heterocycles. The Morgan fingerprint density at radius 2 is 2.50 bits per heavy atom. The average molecular weight is 116 g/mol. The summed E-state index contributed by atoms with van der Waals surface area (Å²) in [5.74, 6) is 0. The Kier molecular flexibility index (Phi) is 1.51. The zero-order valence-corrected chi connectivity index (χ0v) is 4.85. The van der Waals surface area contributed by atoms with Crippen LogP contribution in [0.25, 0.3) is 0 Å². The summed E-state index contributed by atoms with van der Waals surface area (Å²) in [5, 5.41) is 11.7. The van der Waals surface area contributed by atoms with Crippen molar-refractivity contribution in [3.8, 4) is 0 Å². The number of hydrogen-bond donors (Lipinski definition) is 3. The summed E-state index contributed by atoms with van der Waals surface area (Å²) in [6.07, 6.45) is 0.892. The van der Waals surface area contributed by atoms with Crippen LogP contribution in [0.4, 0.5) is 0 Å². The van der Waals surface area contributed by atoms with Crippen LogP contribution in [-0.2, 0) is 0 Å².